The first-order valence-corrected chi connectivity index (χ1v) is 7.33. The van der Waals surface area contributed by atoms with Crippen molar-refractivity contribution in [2.75, 3.05) is 0 Å². The Morgan fingerprint density at radius 1 is 1.09 bits per heavy atom. The number of hydrazine groups is 1. The monoisotopic (exact) mass is 316 g/mol. The van der Waals surface area contributed by atoms with E-state index in [1.165, 1.54) is 6.92 Å². The van der Waals surface area contributed by atoms with Crippen molar-refractivity contribution >= 4 is 28.6 Å². The molecule has 0 radical (unpaired) electrons. The molecule has 23 heavy (non-hydrogen) atoms. The summed E-state index contributed by atoms with van der Waals surface area (Å²) in [6, 6.07) is 6.66. The van der Waals surface area contributed by atoms with Gasteiger partial charge in [-0.1, -0.05) is 32.0 Å². The molecule has 0 spiro atoms. The van der Waals surface area contributed by atoms with Gasteiger partial charge < -0.3 is 10.3 Å². The minimum Gasteiger partial charge on any atom is -0.360 e. The molecule has 1 aromatic heterocycles. The number of carbonyl (C=O) groups is 3. The van der Waals surface area contributed by atoms with Crippen LogP contribution in [-0.4, -0.2) is 28.7 Å². The first-order valence-electron chi connectivity index (χ1n) is 7.33. The van der Waals surface area contributed by atoms with E-state index in [2.05, 4.69) is 21.2 Å². The Hall–Kier alpha value is -2.83. The zero-order chi connectivity index (χ0) is 17.0. The summed E-state index contributed by atoms with van der Waals surface area (Å²) in [5, 5.41) is 3.32. The maximum atomic E-state index is 12.2. The van der Waals surface area contributed by atoms with E-state index in [9.17, 15) is 14.4 Å². The zero-order valence-corrected chi connectivity index (χ0v) is 13.3. The third-order valence-corrected chi connectivity index (χ3v) is 3.44. The van der Waals surface area contributed by atoms with E-state index in [4.69, 9.17) is 0 Å². The summed E-state index contributed by atoms with van der Waals surface area (Å²) in [4.78, 5) is 38.5. The van der Waals surface area contributed by atoms with Gasteiger partial charge in [-0.05, 0) is 12.0 Å². The first kappa shape index (κ1) is 16.5. The number of fused-ring (bicyclic) bond motifs is 1. The molecule has 0 bridgehead atoms. The van der Waals surface area contributed by atoms with E-state index in [0.29, 0.717) is 5.56 Å². The van der Waals surface area contributed by atoms with Gasteiger partial charge in [-0.25, -0.2) is 0 Å². The molecule has 0 aliphatic carbocycles. The maximum Gasteiger partial charge on any atom is 0.271 e. The first-order chi connectivity index (χ1) is 10.9. The quantitative estimate of drug-likeness (QED) is 0.635. The van der Waals surface area contributed by atoms with E-state index >= 15 is 0 Å². The number of para-hydroxylation sites is 1. The Balaban J connectivity index is 2.03. The third-order valence-electron chi connectivity index (χ3n) is 3.44. The van der Waals surface area contributed by atoms with Gasteiger partial charge in [0.1, 0.15) is 6.04 Å². The number of aromatic amines is 1. The Bertz CT molecular complexity index is 736. The highest BCUT2D eigenvalue weighted by atomic mass is 16.2. The van der Waals surface area contributed by atoms with Crippen LogP contribution in [0, 0.1) is 5.92 Å². The van der Waals surface area contributed by atoms with Crippen molar-refractivity contribution in [2.24, 2.45) is 5.92 Å². The van der Waals surface area contributed by atoms with Gasteiger partial charge in [0.2, 0.25) is 5.91 Å². The van der Waals surface area contributed by atoms with Crippen LogP contribution in [-0.2, 0) is 9.59 Å². The lowest BCUT2D eigenvalue weighted by Gasteiger charge is -2.20. The number of rotatable bonds is 4. The summed E-state index contributed by atoms with van der Waals surface area (Å²) in [5.41, 5.74) is 6.00. The number of hydrogen-bond donors (Lipinski definition) is 4. The van der Waals surface area contributed by atoms with Crippen molar-refractivity contribution in [3.8, 4) is 0 Å². The van der Waals surface area contributed by atoms with E-state index in [0.717, 1.165) is 10.9 Å². The van der Waals surface area contributed by atoms with E-state index in [-0.39, 0.29) is 11.8 Å². The van der Waals surface area contributed by atoms with Crippen molar-refractivity contribution in [3.63, 3.8) is 0 Å². The molecule has 0 saturated carbocycles. The fourth-order valence-corrected chi connectivity index (χ4v) is 2.28. The number of carbonyl (C=O) groups excluding carboxylic acids is 3. The van der Waals surface area contributed by atoms with Crippen molar-refractivity contribution in [2.45, 2.75) is 26.8 Å². The van der Waals surface area contributed by atoms with Crippen LogP contribution >= 0.6 is 0 Å². The van der Waals surface area contributed by atoms with Crippen LogP contribution in [0.5, 0.6) is 0 Å². The highest BCUT2D eigenvalue weighted by molar-refractivity contribution is 6.07. The molecule has 7 heteroatoms. The normalized spacial score (nSPS) is 12.0. The van der Waals surface area contributed by atoms with Crippen LogP contribution in [0.25, 0.3) is 10.9 Å². The van der Waals surface area contributed by atoms with Gasteiger partial charge in [0, 0.05) is 24.0 Å². The van der Waals surface area contributed by atoms with Gasteiger partial charge in [0.25, 0.3) is 11.8 Å². The molecule has 0 fully saturated rings. The van der Waals surface area contributed by atoms with Crippen LogP contribution in [0.2, 0.25) is 0 Å². The van der Waals surface area contributed by atoms with Gasteiger partial charge in [-0.3, -0.25) is 25.2 Å². The Morgan fingerprint density at radius 3 is 2.43 bits per heavy atom. The predicted molar refractivity (Wildman–Crippen MR) is 86.4 cm³/mol. The smallest absolute Gasteiger partial charge is 0.271 e. The second-order valence-corrected chi connectivity index (χ2v) is 5.61. The Labute approximate surface area is 133 Å². The molecule has 3 amide bonds. The topological polar surface area (TPSA) is 103 Å². The summed E-state index contributed by atoms with van der Waals surface area (Å²) in [7, 11) is 0. The van der Waals surface area contributed by atoms with Gasteiger partial charge in [0.05, 0.1) is 5.56 Å². The summed E-state index contributed by atoms with van der Waals surface area (Å²) in [5.74, 6) is -1.31. The van der Waals surface area contributed by atoms with Crippen molar-refractivity contribution in [3.05, 3.63) is 36.0 Å². The molecule has 7 nitrogen and oxygen atoms in total. The van der Waals surface area contributed by atoms with Crippen molar-refractivity contribution in [1.29, 1.82) is 0 Å². The van der Waals surface area contributed by atoms with E-state index < -0.39 is 17.9 Å². The van der Waals surface area contributed by atoms with Crippen LogP contribution in [0.1, 0.15) is 31.1 Å². The average molecular weight is 316 g/mol. The maximum absolute atomic E-state index is 12.2. The summed E-state index contributed by atoms with van der Waals surface area (Å²) >= 11 is 0. The van der Waals surface area contributed by atoms with Gasteiger partial charge in [-0.2, -0.15) is 0 Å². The molecule has 0 aliphatic heterocycles. The largest absolute Gasteiger partial charge is 0.360 e. The second kappa shape index (κ2) is 6.95. The highest BCUT2D eigenvalue weighted by Gasteiger charge is 2.23. The van der Waals surface area contributed by atoms with Crippen LogP contribution in [0.3, 0.4) is 0 Å². The number of benzene rings is 1. The van der Waals surface area contributed by atoms with Gasteiger partial charge in [0.15, 0.2) is 0 Å². The summed E-state index contributed by atoms with van der Waals surface area (Å²) in [6.07, 6.45) is 1.58. The standard InChI is InChI=1S/C16H20N4O3/c1-9(2)14(18-10(3)21)16(23)20-19-15(22)12-8-17-13-7-5-4-6-11(12)13/h4-9,14,17H,1-3H3,(H,18,21)(H,19,22)(H,20,23). The van der Waals surface area contributed by atoms with Crippen molar-refractivity contribution in [1.82, 2.24) is 21.2 Å². The van der Waals surface area contributed by atoms with E-state index in [1.807, 2.05) is 38.1 Å². The molecule has 1 aromatic carbocycles. The predicted octanol–water partition coefficient (Wildman–Crippen LogP) is 1.09. The zero-order valence-electron chi connectivity index (χ0n) is 13.3. The molecular formula is C16H20N4O3. The van der Waals surface area contributed by atoms with Crippen LogP contribution < -0.4 is 16.2 Å². The fourth-order valence-electron chi connectivity index (χ4n) is 2.28. The number of hydrogen-bond acceptors (Lipinski definition) is 3. The molecule has 0 saturated heterocycles. The van der Waals surface area contributed by atoms with Gasteiger partial charge >= 0.3 is 0 Å². The molecule has 122 valence electrons. The summed E-state index contributed by atoms with van der Waals surface area (Å²) in [6.45, 7) is 4.95. The summed E-state index contributed by atoms with van der Waals surface area (Å²) < 4.78 is 0. The fraction of sp³-hybridized carbons (Fsp3) is 0.312. The second-order valence-electron chi connectivity index (χ2n) is 5.61. The molecule has 2 rings (SSSR count). The number of aromatic nitrogens is 1. The minimum atomic E-state index is -0.712. The molecule has 4 N–H and O–H groups in total. The van der Waals surface area contributed by atoms with Crippen LogP contribution in [0.4, 0.5) is 0 Å². The number of nitrogens with one attached hydrogen (secondary N) is 4. The lowest BCUT2D eigenvalue weighted by atomic mass is 10.0. The Kier molecular flexibility index (Phi) is 5.00. The lowest BCUT2D eigenvalue weighted by molar-refractivity contribution is -0.129. The molecule has 1 atom stereocenters. The number of amides is 3. The SMILES string of the molecule is CC(=O)NC(C(=O)NNC(=O)c1c[nH]c2ccccc12)C(C)C. The molecule has 1 heterocycles. The molecule has 1 unspecified atom stereocenters. The van der Waals surface area contributed by atoms with E-state index in [1.54, 1.807) is 6.20 Å². The molecule has 0 aliphatic rings. The number of H-pyrrole nitrogens is 1. The minimum absolute atomic E-state index is 0.108. The van der Waals surface area contributed by atoms with Crippen molar-refractivity contribution < 1.29 is 14.4 Å². The van der Waals surface area contributed by atoms with Gasteiger partial charge in [-0.15, -0.1) is 0 Å². The molecular weight excluding hydrogens is 296 g/mol. The highest BCUT2D eigenvalue weighted by Crippen LogP contribution is 2.17. The Morgan fingerprint density at radius 2 is 1.78 bits per heavy atom. The lowest BCUT2D eigenvalue weighted by Crippen LogP contribution is -2.54. The third kappa shape index (κ3) is 3.88. The van der Waals surface area contributed by atoms with Crippen LogP contribution in [0.15, 0.2) is 30.5 Å². The molecule has 2 aromatic rings. The average Bonchev–Trinajstić information content (AvgIpc) is 2.93.